The molecule has 7 heteroatoms. The minimum absolute atomic E-state index is 0.191. The number of hydrogen-bond acceptors (Lipinski definition) is 4. The number of nitrogens with zero attached hydrogens (tertiary/aromatic N) is 4. The fourth-order valence-electron chi connectivity index (χ4n) is 3.05. The molecule has 0 radical (unpaired) electrons. The van der Waals surface area contributed by atoms with Crippen LogP contribution in [0.5, 0.6) is 0 Å². The van der Waals surface area contributed by atoms with Crippen molar-refractivity contribution < 1.29 is 4.39 Å². The average molecular weight is 376 g/mol. The summed E-state index contributed by atoms with van der Waals surface area (Å²) in [7, 11) is 0. The standard InChI is InChI=1S/C19H26FN5S/c1-3-21-19(22-9-8-17-14-26-15(2)23-17)25-12-10-24(11-13-25)18-6-4-16(20)5-7-18/h4-7,14H,3,8-13H2,1-2H3,(H,21,22). The first-order chi connectivity index (χ1) is 12.7. The molecule has 0 amide bonds. The van der Waals surface area contributed by atoms with Crippen molar-refractivity contribution in [1.29, 1.82) is 0 Å². The highest BCUT2D eigenvalue weighted by molar-refractivity contribution is 7.09. The van der Waals surface area contributed by atoms with Crippen molar-refractivity contribution in [2.45, 2.75) is 20.3 Å². The Balaban J connectivity index is 1.55. The second-order valence-corrected chi connectivity index (χ2v) is 7.36. The van der Waals surface area contributed by atoms with Gasteiger partial charge in [-0.05, 0) is 38.1 Å². The first-order valence-corrected chi connectivity index (χ1v) is 9.98. The van der Waals surface area contributed by atoms with Crippen LogP contribution >= 0.6 is 11.3 Å². The largest absolute Gasteiger partial charge is 0.368 e. The quantitative estimate of drug-likeness (QED) is 0.645. The second kappa shape index (κ2) is 8.98. The summed E-state index contributed by atoms with van der Waals surface area (Å²) in [6.07, 6.45) is 0.870. The molecule has 1 aliphatic rings. The summed E-state index contributed by atoms with van der Waals surface area (Å²) in [4.78, 5) is 13.9. The van der Waals surface area contributed by atoms with Crippen LogP contribution in [0.3, 0.4) is 0 Å². The number of piperazine rings is 1. The summed E-state index contributed by atoms with van der Waals surface area (Å²) in [6, 6.07) is 6.74. The minimum atomic E-state index is -0.191. The third-order valence-electron chi connectivity index (χ3n) is 4.40. The molecular weight excluding hydrogens is 349 g/mol. The van der Waals surface area contributed by atoms with Gasteiger partial charge in [0.2, 0.25) is 0 Å². The summed E-state index contributed by atoms with van der Waals surface area (Å²) in [5, 5.41) is 6.61. The van der Waals surface area contributed by atoms with E-state index in [1.165, 1.54) is 12.1 Å². The summed E-state index contributed by atoms with van der Waals surface area (Å²) < 4.78 is 13.1. The number of hydrogen-bond donors (Lipinski definition) is 1. The Hall–Kier alpha value is -2.15. The van der Waals surface area contributed by atoms with Crippen LogP contribution in [0.2, 0.25) is 0 Å². The minimum Gasteiger partial charge on any atom is -0.368 e. The molecule has 140 valence electrons. The van der Waals surface area contributed by atoms with Gasteiger partial charge in [0, 0.05) is 56.8 Å². The van der Waals surface area contributed by atoms with E-state index in [0.29, 0.717) is 0 Å². The molecule has 2 aromatic rings. The fraction of sp³-hybridized carbons (Fsp3) is 0.474. The number of aliphatic imine (C=N–C) groups is 1. The third kappa shape index (κ3) is 4.94. The van der Waals surface area contributed by atoms with Gasteiger partial charge in [-0.15, -0.1) is 11.3 Å². The van der Waals surface area contributed by atoms with E-state index in [2.05, 4.69) is 32.4 Å². The van der Waals surface area contributed by atoms with Gasteiger partial charge in [-0.3, -0.25) is 4.99 Å². The highest BCUT2D eigenvalue weighted by Gasteiger charge is 2.19. The lowest BCUT2D eigenvalue weighted by molar-refractivity contribution is 0.372. The number of halogens is 1. The van der Waals surface area contributed by atoms with E-state index >= 15 is 0 Å². The predicted molar refractivity (Wildman–Crippen MR) is 107 cm³/mol. The van der Waals surface area contributed by atoms with Gasteiger partial charge in [0.15, 0.2) is 5.96 Å². The Morgan fingerprint density at radius 1 is 1.23 bits per heavy atom. The topological polar surface area (TPSA) is 43.8 Å². The predicted octanol–water partition coefficient (Wildman–Crippen LogP) is 2.92. The number of aromatic nitrogens is 1. The molecule has 0 aliphatic carbocycles. The van der Waals surface area contributed by atoms with Gasteiger partial charge in [-0.25, -0.2) is 9.37 Å². The van der Waals surface area contributed by atoms with Crippen molar-refractivity contribution in [3.8, 4) is 0 Å². The molecule has 3 rings (SSSR count). The molecule has 1 aromatic heterocycles. The molecule has 0 atom stereocenters. The average Bonchev–Trinajstić information content (AvgIpc) is 3.07. The molecule has 0 saturated carbocycles. The Kier molecular flexibility index (Phi) is 6.44. The van der Waals surface area contributed by atoms with Gasteiger partial charge in [0.1, 0.15) is 5.82 Å². The molecule has 0 bridgehead atoms. The Morgan fingerprint density at radius 3 is 2.58 bits per heavy atom. The molecule has 1 aromatic carbocycles. The van der Waals surface area contributed by atoms with E-state index in [1.807, 2.05) is 19.1 Å². The zero-order valence-electron chi connectivity index (χ0n) is 15.4. The maximum Gasteiger partial charge on any atom is 0.194 e. The number of aryl methyl sites for hydroxylation is 1. The molecule has 1 aliphatic heterocycles. The Morgan fingerprint density at radius 2 is 1.96 bits per heavy atom. The fourth-order valence-corrected chi connectivity index (χ4v) is 3.70. The number of benzene rings is 1. The normalized spacial score (nSPS) is 15.4. The molecule has 5 nitrogen and oxygen atoms in total. The molecule has 0 spiro atoms. The highest BCUT2D eigenvalue weighted by Crippen LogP contribution is 2.17. The van der Waals surface area contributed by atoms with Crippen LogP contribution in [0, 0.1) is 12.7 Å². The number of anilines is 1. The van der Waals surface area contributed by atoms with Crippen molar-refractivity contribution in [2.24, 2.45) is 4.99 Å². The van der Waals surface area contributed by atoms with Crippen molar-refractivity contribution in [3.63, 3.8) is 0 Å². The van der Waals surface area contributed by atoms with Crippen LogP contribution in [-0.2, 0) is 6.42 Å². The summed E-state index contributed by atoms with van der Waals surface area (Å²) in [5.74, 6) is 0.780. The Bertz CT molecular complexity index is 720. The molecule has 0 unspecified atom stereocenters. The summed E-state index contributed by atoms with van der Waals surface area (Å²) >= 11 is 1.69. The summed E-state index contributed by atoms with van der Waals surface area (Å²) in [5.41, 5.74) is 2.19. The van der Waals surface area contributed by atoms with Crippen LogP contribution in [0.4, 0.5) is 10.1 Å². The lowest BCUT2D eigenvalue weighted by atomic mass is 10.2. The lowest BCUT2D eigenvalue weighted by Gasteiger charge is -2.37. The van der Waals surface area contributed by atoms with Crippen molar-refractivity contribution >= 4 is 23.0 Å². The Labute approximate surface area is 158 Å². The van der Waals surface area contributed by atoms with E-state index in [0.717, 1.165) is 68.0 Å². The maximum atomic E-state index is 13.1. The van der Waals surface area contributed by atoms with E-state index < -0.39 is 0 Å². The number of nitrogens with one attached hydrogen (secondary N) is 1. The number of rotatable bonds is 5. The maximum absolute atomic E-state index is 13.1. The lowest BCUT2D eigenvalue weighted by Crippen LogP contribution is -2.52. The number of guanidine groups is 1. The monoisotopic (exact) mass is 375 g/mol. The van der Waals surface area contributed by atoms with Crippen LogP contribution in [0.1, 0.15) is 17.6 Å². The van der Waals surface area contributed by atoms with Crippen LogP contribution < -0.4 is 10.2 Å². The second-order valence-electron chi connectivity index (χ2n) is 6.29. The first kappa shape index (κ1) is 18.6. The van der Waals surface area contributed by atoms with Gasteiger partial charge >= 0.3 is 0 Å². The van der Waals surface area contributed by atoms with Gasteiger partial charge in [-0.2, -0.15) is 0 Å². The molecule has 2 heterocycles. The zero-order valence-corrected chi connectivity index (χ0v) is 16.2. The van der Waals surface area contributed by atoms with Crippen molar-refractivity contribution in [3.05, 3.63) is 46.2 Å². The molecule has 26 heavy (non-hydrogen) atoms. The van der Waals surface area contributed by atoms with E-state index in [4.69, 9.17) is 4.99 Å². The van der Waals surface area contributed by atoms with Crippen LogP contribution in [0.25, 0.3) is 0 Å². The van der Waals surface area contributed by atoms with Gasteiger partial charge < -0.3 is 15.1 Å². The number of thiazole rings is 1. The van der Waals surface area contributed by atoms with Crippen molar-refractivity contribution in [1.82, 2.24) is 15.2 Å². The smallest absolute Gasteiger partial charge is 0.194 e. The van der Waals surface area contributed by atoms with E-state index in [9.17, 15) is 4.39 Å². The van der Waals surface area contributed by atoms with E-state index in [1.54, 1.807) is 11.3 Å². The highest BCUT2D eigenvalue weighted by atomic mass is 32.1. The zero-order chi connectivity index (χ0) is 18.4. The molecule has 1 saturated heterocycles. The van der Waals surface area contributed by atoms with E-state index in [-0.39, 0.29) is 5.82 Å². The third-order valence-corrected chi connectivity index (χ3v) is 5.22. The SMILES string of the molecule is CCNC(=NCCc1csc(C)n1)N1CCN(c2ccc(F)cc2)CC1. The molecular formula is C19H26FN5S. The van der Waals surface area contributed by atoms with Crippen LogP contribution in [0.15, 0.2) is 34.6 Å². The van der Waals surface area contributed by atoms with Gasteiger partial charge in [0.05, 0.1) is 10.7 Å². The molecule has 1 N–H and O–H groups in total. The van der Waals surface area contributed by atoms with Gasteiger partial charge in [0.25, 0.3) is 0 Å². The van der Waals surface area contributed by atoms with Crippen LogP contribution in [-0.4, -0.2) is 55.1 Å². The first-order valence-electron chi connectivity index (χ1n) is 9.10. The van der Waals surface area contributed by atoms with Crippen molar-refractivity contribution in [2.75, 3.05) is 44.2 Å². The van der Waals surface area contributed by atoms with Gasteiger partial charge in [-0.1, -0.05) is 0 Å². The summed E-state index contributed by atoms with van der Waals surface area (Å²) in [6.45, 7) is 9.33. The molecule has 1 fully saturated rings.